The molecule has 1 aliphatic carbocycles. The van der Waals surface area contributed by atoms with E-state index >= 15 is 0 Å². The molecule has 0 aromatic rings. The predicted octanol–water partition coefficient (Wildman–Crippen LogP) is 2.10. The van der Waals surface area contributed by atoms with Crippen molar-refractivity contribution in [1.29, 1.82) is 5.26 Å². The van der Waals surface area contributed by atoms with E-state index < -0.39 is 5.54 Å². The molecule has 4 nitrogen and oxygen atoms in total. The Bertz CT molecular complexity index is 261. The van der Waals surface area contributed by atoms with Crippen LogP contribution in [-0.4, -0.2) is 38.5 Å². The van der Waals surface area contributed by atoms with Crippen molar-refractivity contribution in [2.45, 2.75) is 45.1 Å². The lowest BCUT2D eigenvalue weighted by Gasteiger charge is -2.27. The van der Waals surface area contributed by atoms with Gasteiger partial charge in [-0.15, -0.1) is 0 Å². The van der Waals surface area contributed by atoms with Gasteiger partial charge in [-0.3, -0.25) is 5.32 Å². The minimum absolute atomic E-state index is 0.464. The van der Waals surface area contributed by atoms with E-state index in [9.17, 15) is 5.26 Å². The third-order valence-corrected chi connectivity index (χ3v) is 3.21. The lowest BCUT2D eigenvalue weighted by atomic mass is 9.96. The van der Waals surface area contributed by atoms with Crippen LogP contribution in [0.5, 0.6) is 0 Å². The summed E-state index contributed by atoms with van der Waals surface area (Å²) in [6.45, 7) is 7.52. The van der Waals surface area contributed by atoms with Gasteiger partial charge in [0.1, 0.15) is 5.54 Å². The van der Waals surface area contributed by atoms with Gasteiger partial charge in [0.2, 0.25) is 0 Å². The zero-order valence-electron chi connectivity index (χ0n) is 11.7. The summed E-state index contributed by atoms with van der Waals surface area (Å²) in [4.78, 5) is 0. The molecule has 1 aliphatic rings. The Kier molecular flexibility index (Phi) is 7.26. The minimum Gasteiger partial charge on any atom is -0.379 e. The van der Waals surface area contributed by atoms with Crippen molar-refractivity contribution in [2.24, 2.45) is 5.92 Å². The molecule has 0 aliphatic heterocycles. The molecule has 1 unspecified atom stereocenters. The van der Waals surface area contributed by atoms with Gasteiger partial charge in [0.25, 0.3) is 0 Å². The second-order valence-corrected chi connectivity index (χ2v) is 4.95. The summed E-state index contributed by atoms with van der Waals surface area (Å²) in [7, 11) is 0. The van der Waals surface area contributed by atoms with Gasteiger partial charge in [0.15, 0.2) is 0 Å². The summed E-state index contributed by atoms with van der Waals surface area (Å²) in [5, 5.41) is 12.8. The van der Waals surface area contributed by atoms with E-state index in [4.69, 9.17) is 9.47 Å². The van der Waals surface area contributed by atoms with E-state index in [2.05, 4.69) is 25.2 Å². The number of nitrogens with one attached hydrogen (secondary N) is 1. The van der Waals surface area contributed by atoms with Gasteiger partial charge in [-0.25, -0.2) is 0 Å². The van der Waals surface area contributed by atoms with Crippen molar-refractivity contribution in [2.75, 3.05) is 33.0 Å². The normalized spacial score (nSPS) is 18.3. The van der Waals surface area contributed by atoms with E-state index in [1.165, 1.54) is 0 Å². The minimum atomic E-state index is -0.471. The topological polar surface area (TPSA) is 54.3 Å². The molecule has 1 fully saturated rings. The first kappa shape index (κ1) is 15.4. The molecule has 0 radical (unpaired) electrons. The van der Waals surface area contributed by atoms with E-state index in [0.29, 0.717) is 25.7 Å². The van der Waals surface area contributed by atoms with Crippen molar-refractivity contribution >= 4 is 0 Å². The molecule has 18 heavy (non-hydrogen) atoms. The summed E-state index contributed by atoms with van der Waals surface area (Å²) in [5.41, 5.74) is -0.471. The molecular formula is C14H26N2O2. The molecule has 0 saturated heterocycles. The zero-order valence-corrected chi connectivity index (χ0v) is 11.7. The molecule has 0 amide bonds. The molecule has 104 valence electrons. The highest BCUT2D eigenvalue weighted by molar-refractivity contribution is 5.15. The Morgan fingerprint density at radius 1 is 1.17 bits per heavy atom. The smallest absolute Gasteiger partial charge is 0.133 e. The fourth-order valence-corrected chi connectivity index (χ4v) is 2.00. The zero-order chi connectivity index (χ0) is 13.3. The van der Waals surface area contributed by atoms with Crippen LogP contribution in [0.15, 0.2) is 0 Å². The number of hydrogen-bond donors (Lipinski definition) is 1. The van der Waals surface area contributed by atoms with Crippen LogP contribution >= 0.6 is 0 Å². The van der Waals surface area contributed by atoms with Crippen molar-refractivity contribution in [3.8, 4) is 6.07 Å². The van der Waals surface area contributed by atoms with Gasteiger partial charge in [0, 0.05) is 6.61 Å². The molecule has 4 heteroatoms. The fourth-order valence-electron chi connectivity index (χ4n) is 2.00. The Labute approximate surface area is 111 Å². The summed E-state index contributed by atoms with van der Waals surface area (Å²) < 4.78 is 11.0. The molecule has 0 aromatic heterocycles. The highest BCUT2D eigenvalue weighted by Gasteiger charge is 2.45. The van der Waals surface area contributed by atoms with Crippen LogP contribution in [0.3, 0.4) is 0 Å². The number of hydrogen-bond acceptors (Lipinski definition) is 4. The largest absolute Gasteiger partial charge is 0.379 e. The van der Waals surface area contributed by atoms with E-state index in [1.807, 2.05) is 0 Å². The van der Waals surface area contributed by atoms with Gasteiger partial charge in [-0.1, -0.05) is 13.8 Å². The van der Waals surface area contributed by atoms with Gasteiger partial charge >= 0.3 is 0 Å². The van der Waals surface area contributed by atoms with E-state index in [1.54, 1.807) is 0 Å². The maximum atomic E-state index is 9.43. The number of ether oxygens (including phenoxy) is 2. The molecule has 0 heterocycles. The SMILES string of the molecule is CCCNC(C#N)(COCCOCCC)C1CC1. The highest BCUT2D eigenvalue weighted by Crippen LogP contribution is 2.39. The monoisotopic (exact) mass is 254 g/mol. The van der Waals surface area contributed by atoms with Crippen LogP contribution in [-0.2, 0) is 9.47 Å². The van der Waals surface area contributed by atoms with Crippen LogP contribution in [0, 0.1) is 17.2 Å². The van der Waals surface area contributed by atoms with Gasteiger partial charge in [0.05, 0.1) is 25.9 Å². The average Bonchev–Trinajstić information content (AvgIpc) is 3.22. The molecule has 1 atom stereocenters. The highest BCUT2D eigenvalue weighted by atomic mass is 16.5. The van der Waals surface area contributed by atoms with E-state index in [-0.39, 0.29) is 0 Å². The second-order valence-electron chi connectivity index (χ2n) is 4.95. The molecule has 1 N–H and O–H groups in total. The van der Waals surface area contributed by atoms with Crippen LogP contribution in [0.4, 0.5) is 0 Å². The summed E-state index contributed by atoms with van der Waals surface area (Å²) >= 11 is 0. The lowest BCUT2D eigenvalue weighted by molar-refractivity contribution is 0.0258. The molecule has 0 spiro atoms. The van der Waals surface area contributed by atoms with Crippen LogP contribution in [0.1, 0.15) is 39.5 Å². The summed E-state index contributed by atoms with van der Waals surface area (Å²) in [6.07, 6.45) is 4.35. The Morgan fingerprint density at radius 2 is 1.89 bits per heavy atom. The lowest BCUT2D eigenvalue weighted by Crippen LogP contribution is -2.50. The van der Waals surface area contributed by atoms with Crippen LogP contribution < -0.4 is 5.32 Å². The Balaban J connectivity index is 2.26. The maximum Gasteiger partial charge on any atom is 0.133 e. The molecule has 1 rings (SSSR count). The van der Waals surface area contributed by atoms with Crippen molar-refractivity contribution in [1.82, 2.24) is 5.32 Å². The van der Waals surface area contributed by atoms with Crippen LogP contribution in [0.25, 0.3) is 0 Å². The van der Waals surface area contributed by atoms with Gasteiger partial charge in [-0.2, -0.15) is 5.26 Å². The molecule has 0 aromatic carbocycles. The first-order chi connectivity index (χ1) is 8.79. The molecule has 0 bridgehead atoms. The van der Waals surface area contributed by atoms with Crippen LogP contribution in [0.2, 0.25) is 0 Å². The first-order valence-electron chi connectivity index (χ1n) is 7.10. The van der Waals surface area contributed by atoms with Gasteiger partial charge in [-0.05, 0) is 38.1 Å². The Hall–Kier alpha value is -0.630. The standard InChI is InChI=1S/C14H26N2O2/c1-3-7-16-14(11-15,13-5-6-13)12-18-10-9-17-8-4-2/h13,16H,3-10,12H2,1-2H3. The van der Waals surface area contributed by atoms with Crippen molar-refractivity contribution in [3.63, 3.8) is 0 Å². The van der Waals surface area contributed by atoms with Crippen molar-refractivity contribution in [3.05, 3.63) is 0 Å². The quantitative estimate of drug-likeness (QED) is 0.574. The Morgan fingerprint density at radius 3 is 2.44 bits per heavy atom. The number of rotatable bonds is 11. The maximum absolute atomic E-state index is 9.43. The second kappa shape index (κ2) is 8.47. The number of nitriles is 1. The fraction of sp³-hybridized carbons (Fsp3) is 0.929. The number of nitrogens with zero attached hydrogens (tertiary/aromatic N) is 1. The molecular weight excluding hydrogens is 228 g/mol. The van der Waals surface area contributed by atoms with E-state index in [0.717, 1.165) is 38.8 Å². The third kappa shape index (κ3) is 4.93. The third-order valence-electron chi connectivity index (χ3n) is 3.21. The summed E-state index contributed by atoms with van der Waals surface area (Å²) in [5.74, 6) is 0.464. The van der Waals surface area contributed by atoms with Gasteiger partial charge < -0.3 is 9.47 Å². The predicted molar refractivity (Wildman–Crippen MR) is 71.3 cm³/mol. The molecule has 1 saturated carbocycles. The first-order valence-corrected chi connectivity index (χ1v) is 7.10. The van der Waals surface area contributed by atoms with Crippen molar-refractivity contribution < 1.29 is 9.47 Å². The average molecular weight is 254 g/mol. The summed E-state index contributed by atoms with van der Waals surface area (Å²) in [6, 6.07) is 2.44.